The Kier molecular flexibility index (Phi) is 4.33. The number of halogens is 1. The summed E-state index contributed by atoms with van der Waals surface area (Å²) < 4.78 is 11.2. The Bertz CT molecular complexity index is 644. The molecule has 0 radical (unpaired) electrons. The number of hydrogen-bond acceptors (Lipinski definition) is 5. The molecule has 1 atom stereocenters. The number of aliphatic hydroxyl groups is 1. The lowest BCUT2D eigenvalue weighted by Gasteiger charge is -2.14. The van der Waals surface area contributed by atoms with E-state index >= 15 is 0 Å². The van der Waals surface area contributed by atoms with Crippen molar-refractivity contribution in [3.8, 4) is 11.5 Å². The number of ether oxygens (including phenoxy) is 2. The molecule has 4 nitrogen and oxygen atoms in total. The zero-order valence-electron chi connectivity index (χ0n) is 11.6. The molecule has 0 amide bonds. The summed E-state index contributed by atoms with van der Waals surface area (Å²) in [5.74, 6) is 1.17. The highest BCUT2D eigenvalue weighted by molar-refractivity contribution is 7.09. The van der Waals surface area contributed by atoms with Crippen LogP contribution in [0.4, 0.5) is 0 Å². The maximum atomic E-state index is 10.4. The second-order valence-corrected chi connectivity index (χ2v) is 6.33. The van der Waals surface area contributed by atoms with E-state index in [1.165, 1.54) is 0 Å². The molecule has 1 aromatic heterocycles. The fourth-order valence-corrected chi connectivity index (χ4v) is 3.31. The monoisotopic (exact) mass is 325 g/mol. The molecule has 0 aliphatic carbocycles. The summed E-state index contributed by atoms with van der Waals surface area (Å²) >= 11 is 7.79. The average molecular weight is 326 g/mol. The molecule has 1 aliphatic heterocycles. The Morgan fingerprint density at radius 2 is 2.19 bits per heavy atom. The normalized spacial score (nSPS) is 15.6. The summed E-state index contributed by atoms with van der Waals surface area (Å²) in [4.78, 5) is 4.37. The van der Waals surface area contributed by atoms with Gasteiger partial charge in [0.2, 0.25) is 0 Å². The summed E-state index contributed by atoms with van der Waals surface area (Å²) in [6.07, 6.45) is 0.626. The second kappa shape index (κ2) is 6.22. The molecule has 6 heteroatoms. The molecule has 1 unspecified atom stereocenters. The van der Waals surface area contributed by atoms with E-state index < -0.39 is 6.10 Å². The molecular weight excluding hydrogens is 310 g/mol. The highest BCUT2D eigenvalue weighted by atomic mass is 35.5. The molecule has 0 fully saturated rings. The third kappa shape index (κ3) is 3.31. The Balaban J connectivity index is 1.84. The molecule has 3 rings (SSSR count). The van der Waals surface area contributed by atoms with Gasteiger partial charge >= 0.3 is 0 Å². The van der Waals surface area contributed by atoms with Crippen molar-refractivity contribution >= 4 is 22.9 Å². The van der Waals surface area contributed by atoms with Gasteiger partial charge in [0.05, 0.1) is 29.3 Å². The van der Waals surface area contributed by atoms with Crippen molar-refractivity contribution in [2.24, 2.45) is 0 Å². The van der Waals surface area contributed by atoms with E-state index in [9.17, 15) is 5.11 Å². The molecule has 0 bridgehead atoms. The van der Waals surface area contributed by atoms with E-state index in [1.807, 2.05) is 12.3 Å². The number of thiazole rings is 1. The first-order valence-corrected chi connectivity index (χ1v) is 8.07. The Morgan fingerprint density at radius 3 is 2.95 bits per heavy atom. The molecule has 21 heavy (non-hydrogen) atoms. The smallest absolute Gasteiger partial charge is 0.179 e. The summed E-state index contributed by atoms with van der Waals surface area (Å²) in [6, 6.07) is 3.54. The van der Waals surface area contributed by atoms with Crippen molar-refractivity contribution in [1.82, 2.24) is 4.98 Å². The molecule has 1 N–H and O–H groups in total. The minimum atomic E-state index is -0.662. The second-order valence-electron chi connectivity index (χ2n) is 4.98. The van der Waals surface area contributed by atoms with E-state index in [4.69, 9.17) is 21.1 Å². The van der Waals surface area contributed by atoms with E-state index in [-0.39, 0.29) is 0 Å². The average Bonchev–Trinajstić information content (AvgIpc) is 2.72. The van der Waals surface area contributed by atoms with Crippen LogP contribution in [0.25, 0.3) is 0 Å². The number of aromatic nitrogens is 1. The summed E-state index contributed by atoms with van der Waals surface area (Å²) in [6.45, 7) is 3.12. The number of hydrogen-bond donors (Lipinski definition) is 1. The van der Waals surface area contributed by atoms with E-state index in [0.29, 0.717) is 36.2 Å². The molecular formula is C15H16ClNO3S. The van der Waals surface area contributed by atoms with Crippen molar-refractivity contribution in [1.29, 1.82) is 0 Å². The number of fused-ring (bicyclic) bond motifs is 1. The lowest BCUT2D eigenvalue weighted by Crippen LogP contribution is -2.03. The van der Waals surface area contributed by atoms with Gasteiger partial charge in [-0.1, -0.05) is 11.6 Å². The van der Waals surface area contributed by atoms with Gasteiger partial charge in [0.25, 0.3) is 0 Å². The molecule has 0 saturated carbocycles. The van der Waals surface area contributed by atoms with Gasteiger partial charge in [-0.25, -0.2) is 4.98 Å². The molecule has 2 aromatic rings. The van der Waals surface area contributed by atoms with E-state index in [1.54, 1.807) is 23.5 Å². The van der Waals surface area contributed by atoms with Crippen molar-refractivity contribution in [2.45, 2.75) is 25.9 Å². The fourth-order valence-electron chi connectivity index (χ4n) is 2.22. The summed E-state index contributed by atoms with van der Waals surface area (Å²) in [5, 5.41) is 13.7. The van der Waals surface area contributed by atoms with Crippen LogP contribution in [-0.2, 0) is 6.42 Å². The van der Waals surface area contributed by atoms with Crippen LogP contribution in [-0.4, -0.2) is 23.3 Å². The SMILES string of the molecule is Cc1csc(CC(O)c2cc(Cl)c3c(c2)OCCCO3)n1. The number of rotatable bonds is 3. The molecule has 0 saturated heterocycles. The van der Waals surface area contributed by atoms with E-state index in [0.717, 1.165) is 22.7 Å². The third-order valence-electron chi connectivity index (χ3n) is 3.24. The van der Waals surface area contributed by atoms with Crippen LogP contribution in [0.1, 0.15) is 28.8 Å². The van der Waals surface area contributed by atoms with Crippen LogP contribution in [0, 0.1) is 6.92 Å². The maximum absolute atomic E-state index is 10.4. The lowest BCUT2D eigenvalue weighted by molar-refractivity contribution is 0.177. The zero-order chi connectivity index (χ0) is 14.8. The molecule has 1 aromatic carbocycles. The predicted molar refractivity (Wildman–Crippen MR) is 82.6 cm³/mol. The highest BCUT2D eigenvalue weighted by Gasteiger charge is 2.19. The van der Waals surface area contributed by atoms with Crippen LogP contribution >= 0.6 is 22.9 Å². The highest BCUT2D eigenvalue weighted by Crippen LogP contribution is 2.39. The fraction of sp³-hybridized carbons (Fsp3) is 0.400. The van der Waals surface area contributed by atoms with Gasteiger partial charge < -0.3 is 14.6 Å². The Hall–Kier alpha value is -1.30. The van der Waals surface area contributed by atoms with Crippen LogP contribution in [0.5, 0.6) is 11.5 Å². The van der Waals surface area contributed by atoms with Crippen LogP contribution < -0.4 is 9.47 Å². The molecule has 112 valence electrons. The number of aliphatic hydroxyl groups excluding tert-OH is 1. The van der Waals surface area contributed by atoms with Crippen LogP contribution in [0.15, 0.2) is 17.5 Å². The quantitative estimate of drug-likeness (QED) is 0.937. The van der Waals surface area contributed by atoms with E-state index in [2.05, 4.69) is 4.98 Å². The minimum Gasteiger partial charge on any atom is -0.489 e. The van der Waals surface area contributed by atoms with Gasteiger partial charge in [-0.2, -0.15) is 0 Å². The maximum Gasteiger partial charge on any atom is 0.179 e. The van der Waals surface area contributed by atoms with Crippen molar-refractivity contribution in [3.05, 3.63) is 38.8 Å². The molecule has 0 spiro atoms. The van der Waals surface area contributed by atoms with Gasteiger partial charge in [0.15, 0.2) is 11.5 Å². The Morgan fingerprint density at radius 1 is 1.38 bits per heavy atom. The number of benzene rings is 1. The molecule has 1 aliphatic rings. The predicted octanol–water partition coefficient (Wildman–Crippen LogP) is 3.54. The topological polar surface area (TPSA) is 51.6 Å². The first-order chi connectivity index (χ1) is 10.1. The first kappa shape index (κ1) is 14.6. The minimum absolute atomic E-state index is 0.467. The first-order valence-electron chi connectivity index (χ1n) is 6.81. The number of nitrogens with zero attached hydrogens (tertiary/aromatic N) is 1. The Labute approximate surface area is 132 Å². The molecule has 2 heterocycles. The largest absolute Gasteiger partial charge is 0.489 e. The van der Waals surface area contributed by atoms with Crippen molar-refractivity contribution in [3.63, 3.8) is 0 Å². The summed E-state index contributed by atoms with van der Waals surface area (Å²) in [5.41, 5.74) is 1.69. The third-order valence-corrected chi connectivity index (χ3v) is 4.51. The van der Waals surface area contributed by atoms with Gasteiger partial charge in [-0.05, 0) is 24.6 Å². The van der Waals surface area contributed by atoms with Crippen LogP contribution in [0.3, 0.4) is 0 Å². The lowest BCUT2D eigenvalue weighted by atomic mass is 10.1. The van der Waals surface area contributed by atoms with Gasteiger partial charge in [-0.15, -0.1) is 11.3 Å². The summed E-state index contributed by atoms with van der Waals surface area (Å²) in [7, 11) is 0. The zero-order valence-corrected chi connectivity index (χ0v) is 13.2. The van der Waals surface area contributed by atoms with Crippen LogP contribution in [0.2, 0.25) is 5.02 Å². The van der Waals surface area contributed by atoms with Gasteiger partial charge in [-0.3, -0.25) is 0 Å². The van der Waals surface area contributed by atoms with Crippen molar-refractivity contribution < 1.29 is 14.6 Å². The number of aryl methyl sites for hydroxylation is 1. The van der Waals surface area contributed by atoms with Gasteiger partial charge in [0, 0.05) is 23.9 Å². The standard InChI is InChI=1S/C15H16ClNO3S/c1-9-8-21-14(17-9)7-12(18)10-5-11(16)15-13(6-10)19-3-2-4-20-15/h5-6,8,12,18H,2-4,7H2,1H3. The van der Waals surface area contributed by atoms with Crippen molar-refractivity contribution in [2.75, 3.05) is 13.2 Å². The van der Waals surface area contributed by atoms with Gasteiger partial charge in [0.1, 0.15) is 0 Å².